The van der Waals surface area contributed by atoms with E-state index in [0.717, 1.165) is 11.3 Å². The van der Waals surface area contributed by atoms with Crippen LogP contribution in [0.1, 0.15) is 27.3 Å². The molecule has 0 amide bonds. The van der Waals surface area contributed by atoms with Crippen LogP contribution >= 0.6 is 0 Å². The monoisotopic (exact) mass is 277 g/mol. The summed E-state index contributed by atoms with van der Waals surface area (Å²) in [5.74, 6) is -0.0904. The molecule has 0 saturated carbocycles. The second-order valence-corrected chi connectivity index (χ2v) is 4.86. The van der Waals surface area contributed by atoms with Crippen LogP contribution in [-0.4, -0.2) is 20.8 Å². The average Bonchev–Trinajstić information content (AvgIpc) is 2.89. The Labute approximate surface area is 123 Å². The van der Waals surface area contributed by atoms with E-state index < -0.39 is 0 Å². The first-order chi connectivity index (χ1) is 10.3. The van der Waals surface area contributed by atoms with Gasteiger partial charge < -0.3 is 0 Å². The highest BCUT2D eigenvalue weighted by molar-refractivity contribution is 6.08. The minimum absolute atomic E-state index is 0.0904. The first-order valence-electron chi connectivity index (χ1n) is 6.79. The molecule has 4 heteroatoms. The number of nitrogens with zero attached hydrogens (tertiary/aromatic N) is 3. The average molecular weight is 277 g/mol. The van der Waals surface area contributed by atoms with Gasteiger partial charge in [0.15, 0.2) is 5.69 Å². The summed E-state index contributed by atoms with van der Waals surface area (Å²) >= 11 is 0. The van der Waals surface area contributed by atoms with Crippen LogP contribution < -0.4 is 0 Å². The van der Waals surface area contributed by atoms with Gasteiger partial charge in [0, 0.05) is 5.56 Å². The molecule has 0 spiro atoms. The lowest BCUT2D eigenvalue weighted by atomic mass is 10.1. The van der Waals surface area contributed by atoms with E-state index in [2.05, 4.69) is 10.3 Å². The van der Waals surface area contributed by atoms with E-state index >= 15 is 0 Å². The molecule has 3 rings (SSSR count). The molecule has 0 radical (unpaired) electrons. The third kappa shape index (κ3) is 2.74. The normalized spacial score (nSPS) is 10.5. The number of hydrogen-bond donors (Lipinski definition) is 0. The second-order valence-electron chi connectivity index (χ2n) is 4.86. The number of carbonyl (C=O) groups is 1. The maximum Gasteiger partial charge on any atom is 0.215 e. The van der Waals surface area contributed by atoms with Crippen LogP contribution in [0.2, 0.25) is 0 Å². The van der Waals surface area contributed by atoms with E-state index in [1.807, 2.05) is 55.5 Å². The van der Waals surface area contributed by atoms with Crippen LogP contribution in [0.3, 0.4) is 0 Å². The Morgan fingerprint density at radius 3 is 2.29 bits per heavy atom. The Morgan fingerprint density at radius 2 is 1.62 bits per heavy atom. The Bertz CT molecular complexity index is 748. The molecular weight excluding hydrogens is 262 g/mol. The van der Waals surface area contributed by atoms with Gasteiger partial charge in [-0.3, -0.25) is 4.79 Å². The van der Waals surface area contributed by atoms with E-state index in [9.17, 15) is 4.79 Å². The number of rotatable bonds is 4. The van der Waals surface area contributed by atoms with Gasteiger partial charge in [-0.05, 0) is 12.5 Å². The van der Waals surface area contributed by atoms with Crippen molar-refractivity contribution in [1.29, 1.82) is 0 Å². The van der Waals surface area contributed by atoms with Crippen LogP contribution in [0.25, 0.3) is 0 Å². The zero-order chi connectivity index (χ0) is 14.7. The van der Waals surface area contributed by atoms with E-state index in [-0.39, 0.29) is 5.78 Å². The lowest BCUT2D eigenvalue weighted by Gasteiger charge is -2.03. The fraction of sp³-hybridized carbons (Fsp3) is 0.118. The molecule has 0 saturated heterocycles. The molecule has 2 aromatic carbocycles. The van der Waals surface area contributed by atoms with Gasteiger partial charge in [0.1, 0.15) is 0 Å². The van der Waals surface area contributed by atoms with Crippen molar-refractivity contribution in [3.05, 3.63) is 83.2 Å². The first-order valence-corrected chi connectivity index (χ1v) is 6.79. The lowest BCUT2D eigenvalue weighted by molar-refractivity contribution is 0.103. The first kappa shape index (κ1) is 13.2. The van der Waals surface area contributed by atoms with Crippen LogP contribution in [0, 0.1) is 6.92 Å². The minimum atomic E-state index is -0.0904. The molecule has 104 valence electrons. The van der Waals surface area contributed by atoms with Crippen molar-refractivity contribution in [2.75, 3.05) is 0 Å². The summed E-state index contributed by atoms with van der Waals surface area (Å²) in [4.78, 5) is 12.4. The Balaban J connectivity index is 1.88. The van der Waals surface area contributed by atoms with E-state index in [1.54, 1.807) is 16.8 Å². The highest BCUT2D eigenvalue weighted by Crippen LogP contribution is 2.12. The molecule has 21 heavy (non-hydrogen) atoms. The SMILES string of the molecule is Cc1c(C(=O)c2ccccc2)nnn1Cc1ccccc1. The fourth-order valence-electron chi connectivity index (χ4n) is 2.20. The molecular formula is C17H15N3O. The molecule has 0 atom stereocenters. The highest BCUT2D eigenvalue weighted by Gasteiger charge is 2.17. The van der Waals surface area contributed by atoms with E-state index in [1.165, 1.54) is 0 Å². The molecule has 0 aliphatic carbocycles. The number of aromatic nitrogens is 3. The van der Waals surface area contributed by atoms with Gasteiger partial charge in [-0.1, -0.05) is 65.9 Å². The molecule has 1 heterocycles. The van der Waals surface area contributed by atoms with E-state index in [0.29, 0.717) is 17.8 Å². The van der Waals surface area contributed by atoms with Gasteiger partial charge in [-0.15, -0.1) is 5.10 Å². The van der Waals surface area contributed by atoms with Crippen molar-refractivity contribution >= 4 is 5.78 Å². The summed E-state index contributed by atoms with van der Waals surface area (Å²) in [7, 11) is 0. The molecule has 0 bridgehead atoms. The number of ketones is 1. The zero-order valence-electron chi connectivity index (χ0n) is 11.7. The summed E-state index contributed by atoms with van der Waals surface area (Å²) in [6.07, 6.45) is 0. The van der Waals surface area contributed by atoms with Crippen molar-refractivity contribution in [3.63, 3.8) is 0 Å². The maximum absolute atomic E-state index is 12.4. The Kier molecular flexibility index (Phi) is 3.60. The van der Waals surface area contributed by atoms with Gasteiger partial charge in [0.2, 0.25) is 5.78 Å². The largest absolute Gasteiger partial charge is 0.287 e. The predicted molar refractivity (Wildman–Crippen MR) is 80.2 cm³/mol. The zero-order valence-corrected chi connectivity index (χ0v) is 11.7. The highest BCUT2D eigenvalue weighted by atomic mass is 16.1. The van der Waals surface area contributed by atoms with Gasteiger partial charge in [-0.25, -0.2) is 4.68 Å². The number of benzene rings is 2. The van der Waals surface area contributed by atoms with Crippen LogP contribution in [0.5, 0.6) is 0 Å². The second kappa shape index (κ2) is 5.71. The molecule has 1 aromatic heterocycles. The van der Waals surface area contributed by atoms with Gasteiger partial charge in [-0.2, -0.15) is 0 Å². The van der Waals surface area contributed by atoms with Crippen molar-refractivity contribution in [2.24, 2.45) is 0 Å². The minimum Gasteiger partial charge on any atom is -0.287 e. The van der Waals surface area contributed by atoms with Gasteiger partial charge in [0.05, 0.1) is 12.2 Å². The van der Waals surface area contributed by atoms with Gasteiger partial charge >= 0.3 is 0 Å². The van der Waals surface area contributed by atoms with Crippen molar-refractivity contribution < 1.29 is 4.79 Å². The number of hydrogen-bond acceptors (Lipinski definition) is 3. The molecule has 0 N–H and O–H groups in total. The van der Waals surface area contributed by atoms with Crippen molar-refractivity contribution in [3.8, 4) is 0 Å². The third-order valence-corrected chi connectivity index (χ3v) is 3.41. The smallest absolute Gasteiger partial charge is 0.215 e. The molecule has 0 unspecified atom stereocenters. The third-order valence-electron chi connectivity index (χ3n) is 3.41. The molecule has 0 fully saturated rings. The van der Waals surface area contributed by atoms with E-state index in [4.69, 9.17) is 0 Å². The Morgan fingerprint density at radius 1 is 1.00 bits per heavy atom. The maximum atomic E-state index is 12.4. The fourth-order valence-corrected chi connectivity index (χ4v) is 2.20. The summed E-state index contributed by atoms with van der Waals surface area (Å²) in [6, 6.07) is 19.1. The summed E-state index contributed by atoms with van der Waals surface area (Å²) < 4.78 is 1.76. The lowest BCUT2D eigenvalue weighted by Crippen LogP contribution is -2.07. The summed E-state index contributed by atoms with van der Waals surface area (Å²) in [5, 5.41) is 8.16. The van der Waals surface area contributed by atoms with Crippen LogP contribution in [0.4, 0.5) is 0 Å². The topological polar surface area (TPSA) is 47.8 Å². The van der Waals surface area contributed by atoms with Gasteiger partial charge in [0.25, 0.3) is 0 Å². The predicted octanol–water partition coefficient (Wildman–Crippen LogP) is 2.87. The molecule has 0 aliphatic rings. The summed E-state index contributed by atoms with van der Waals surface area (Å²) in [5.41, 5.74) is 2.96. The molecule has 4 nitrogen and oxygen atoms in total. The molecule has 3 aromatic rings. The van der Waals surface area contributed by atoms with Crippen molar-refractivity contribution in [2.45, 2.75) is 13.5 Å². The van der Waals surface area contributed by atoms with Crippen LogP contribution in [0.15, 0.2) is 60.7 Å². The quantitative estimate of drug-likeness (QED) is 0.689. The summed E-state index contributed by atoms with van der Waals surface area (Å²) in [6.45, 7) is 2.49. The molecule has 0 aliphatic heterocycles. The number of carbonyl (C=O) groups excluding carboxylic acids is 1. The standard InChI is InChI=1S/C17H15N3O/c1-13-16(17(21)15-10-6-3-7-11-15)18-19-20(13)12-14-8-4-2-5-9-14/h2-11H,12H2,1H3. The Hall–Kier alpha value is -2.75. The van der Waals surface area contributed by atoms with Crippen LogP contribution in [-0.2, 0) is 6.54 Å². The van der Waals surface area contributed by atoms with Crippen molar-refractivity contribution in [1.82, 2.24) is 15.0 Å².